The number of hydrogen-bond donors (Lipinski definition) is 3. The molecule has 5 nitrogen and oxygen atoms in total. The number of ether oxygens (including phenoxy) is 1. The summed E-state index contributed by atoms with van der Waals surface area (Å²) < 4.78 is 5.39. The van der Waals surface area contributed by atoms with Gasteiger partial charge in [0.1, 0.15) is 5.75 Å². The van der Waals surface area contributed by atoms with E-state index < -0.39 is 0 Å². The molecular weight excluding hydrogens is 206 g/mol. The predicted octanol–water partition coefficient (Wildman–Crippen LogP) is 0.312. The van der Waals surface area contributed by atoms with Crippen LogP contribution in [0.4, 0.5) is 5.69 Å². The summed E-state index contributed by atoms with van der Waals surface area (Å²) in [5.74, 6) is 0.467. The standard InChI is InChI=1S/C11H17N3O2/c1-13-9-4-3-8(6-12)5-10(9)16-7-11(15)14-2/h3-5,13H,6-7,12H2,1-2H3,(H,14,15). The number of likely N-dealkylation sites (N-methyl/N-ethyl adjacent to an activating group) is 1. The maximum Gasteiger partial charge on any atom is 0.257 e. The Bertz CT molecular complexity index is 366. The maximum absolute atomic E-state index is 11.1. The van der Waals surface area contributed by atoms with E-state index in [9.17, 15) is 4.79 Å². The van der Waals surface area contributed by atoms with Crippen molar-refractivity contribution in [2.75, 3.05) is 26.0 Å². The van der Waals surface area contributed by atoms with Crippen molar-refractivity contribution in [3.63, 3.8) is 0 Å². The minimum absolute atomic E-state index is 0.000789. The normalized spacial score (nSPS) is 9.69. The number of carbonyl (C=O) groups is 1. The van der Waals surface area contributed by atoms with E-state index in [1.165, 1.54) is 0 Å². The highest BCUT2D eigenvalue weighted by Crippen LogP contribution is 2.25. The van der Waals surface area contributed by atoms with Crippen LogP contribution in [0.1, 0.15) is 5.56 Å². The summed E-state index contributed by atoms with van der Waals surface area (Å²) >= 11 is 0. The number of rotatable bonds is 5. The fourth-order valence-corrected chi connectivity index (χ4v) is 1.24. The number of hydrogen-bond acceptors (Lipinski definition) is 4. The molecule has 0 radical (unpaired) electrons. The number of benzene rings is 1. The van der Waals surface area contributed by atoms with Gasteiger partial charge in [-0.05, 0) is 17.7 Å². The molecule has 0 aliphatic carbocycles. The van der Waals surface area contributed by atoms with E-state index in [1.54, 1.807) is 14.1 Å². The van der Waals surface area contributed by atoms with Gasteiger partial charge in [-0.2, -0.15) is 0 Å². The minimum atomic E-state index is -0.166. The molecule has 1 aromatic rings. The first kappa shape index (κ1) is 12.3. The van der Waals surface area contributed by atoms with Crippen molar-refractivity contribution in [1.82, 2.24) is 5.32 Å². The lowest BCUT2D eigenvalue weighted by molar-refractivity contribution is -0.122. The second-order valence-corrected chi connectivity index (χ2v) is 3.25. The van der Waals surface area contributed by atoms with Gasteiger partial charge in [-0.1, -0.05) is 6.07 Å². The van der Waals surface area contributed by atoms with E-state index in [0.29, 0.717) is 12.3 Å². The van der Waals surface area contributed by atoms with Crippen LogP contribution < -0.4 is 21.1 Å². The van der Waals surface area contributed by atoms with Crippen LogP contribution in [0.15, 0.2) is 18.2 Å². The molecule has 16 heavy (non-hydrogen) atoms. The Morgan fingerprint density at radius 1 is 1.44 bits per heavy atom. The molecule has 0 atom stereocenters. The Morgan fingerprint density at radius 3 is 2.75 bits per heavy atom. The van der Waals surface area contributed by atoms with Crippen LogP contribution in [-0.2, 0) is 11.3 Å². The Balaban J connectivity index is 2.78. The van der Waals surface area contributed by atoms with E-state index in [2.05, 4.69) is 10.6 Å². The van der Waals surface area contributed by atoms with E-state index in [0.717, 1.165) is 11.3 Å². The quantitative estimate of drug-likeness (QED) is 0.671. The lowest BCUT2D eigenvalue weighted by Crippen LogP contribution is -2.25. The zero-order valence-corrected chi connectivity index (χ0v) is 9.54. The summed E-state index contributed by atoms with van der Waals surface area (Å²) in [5.41, 5.74) is 7.34. The molecule has 5 heteroatoms. The van der Waals surface area contributed by atoms with Gasteiger partial charge in [0.25, 0.3) is 5.91 Å². The van der Waals surface area contributed by atoms with Gasteiger partial charge in [-0.15, -0.1) is 0 Å². The third-order valence-corrected chi connectivity index (χ3v) is 2.19. The van der Waals surface area contributed by atoms with Crippen LogP contribution >= 0.6 is 0 Å². The van der Waals surface area contributed by atoms with E-state index in [-0.39, 0.29) is 12.5 Å². The molecule has 1 rings (SSSR count). The summed E-state index contributed by atoms with van der Waals surface area (Å²) in [6.07, 6.45) is 0. The number of anilines is 1. The number of amides is 1. The topological polar surface area (TPSA) is 76.4 Å². The number of nitrogens with one attached hydrogen (secondary N) is 2. The van der Waals surface area contributed by atoms with Gasteiger partial charge in [0.05, 0.1) is 5.69 Å². The molecule has 1 amide bonds. The first-order valence-corrected chi connectivity index (χ1v) is 5.05. The molecule has 0 aliphatic rings. The van der Waals surface area contributed by atoms with Gasteiger partial charge in [0, 0.05) is 20.6 Å². The Morgan fingerprint density at radius 2 is 2.19 bits per heavy atom. The molecule has 0 aromatic heterocycles. The van der Waals surface area contributed by atoms with Crippen molar-refractivity contribution >= 4 is 11.6 Å². The van der Waals surface area contributed by atoms with Crippen LogP contribution in [0.2, 0.25) is 0 Å². The fraction of sp³-hybridized carbons (Fsp3) is 0.364. The fourth-order valence-electron chi connectivity index (χ4n) is 1.24. The highest BCUT2D eigenvalue weighted by molar-refractivity contribution is 5.77. The summed E-state index contributed by atoms with van der Waals surface area (Å²) in [7, 11) is 3.37. The lowest BCUT2D eigenvalue weighted by Gasteiger charge is -2.11. The maximum atomic E-state index is 11.1. The second kappa shape index (κ2) is 5.97. The zero-order chi connectivity index (χ0) is 12.0. The Labute approximate surface area is 95.0 Å². The third kappa shape index (κ3) is 3.13. The molecule has 0 heterocycles. The van der Waals surface area contributed by atoms with Crippen molar-refractivity contribution in [3.8, 4) is 5.75 Å². The molecule has 0 saturated carbocycles. The highest BCUT2D eigenvalue weighted by atomic mass is 16.5. The Kier molecular flexibility index (Phi) is 4.60. The number of nitrogens with two attached hydrogens (primary N) is 1. The largest absolute Gasteiger partial charge is 0.482 e. The summed E-state index contributed by atoms with van der Waals surface area (Å²) in [6, 6.07) is 5.62. The van der Waals surface area contributed by atoms with Crippen molar-refractivity contribution in [3.05, 3.63) is 23.8 Å². The SMILES string of the molecule is CNC(=O)COc1cc(CN)ccc1NC. The van der Waals surface area contributed by atoms with Gasteiger partial charge in [0.2, 0.25) is 0 Å². The first-order chi connectivity index (χ1) is 7.71. The lowest BCUT2D eigenvalue weighted by atomic mass is 10.2. The number of carbonyl (C=O) groups excluding carboxylic acids is 1. The summed E-state index contributed by atoms with van der Waals surface area (Å²) in [4.78, 5) is 11.1. The second-order valence-electron chi connectivity index (χ2n) is 3.25. The average molecular weight is 223 g/mol. The van der Waals surface area contributed by atoms with E-state index in [4.69, 9.17) is 10.5 Å². The summed E-state index contributed by atoms with van der Waals surface area (Å²) in [6.45, 7) is 0.444. The van der Waals surface area contributed by atoms with E-state index in [1.807, 2.05) is 18.2 Å². The molecule has 0 fully saturated rings. The Hall–Kier alpha value is -1.75. The monoisotopic (exact) mass is 223 g/mol. The molecule has 0 unspecified atom stereocenters. The average Bonchev–Trinajstić information content (AvgIpc) is 2.35. The van der Waals surface area contributed by atoms with Crippen LogP contribution in [-0.4, -0.2) is 26.6 Å². The zero-order valence-electron chi connectivity index (χ0n) is 9.54. The van der Waals surface area contributed by atoms with Gasteiger partial charge >= 0.3 is 0 Å². The van der Waals surface area contributed by atoms with Crippen molar-refractivity contribution in [1.29, 1.82) is 0 Å². The molecule has 0 bridgehead atoms. The molecule has 0 spiro atoms. The van der Waals surface area contributed by atoms with Crippen LogP contribution in [0.5, 0.6) is 5.75 Å². The van der Waals surface area contributed by atoms with E-state index >= 15 is 0 Å². The van der Waals surface area contributed by atoms with Crippen molar-refractivity contribution in [2.24, 2.45) is 5.73 Å². The molecule has 4 N–H and O–H groups in total. The summed E-state index contributed by atoms with van der Waals surface area (Å²) in [5, 5.41) is 5.48. The minimum Gasteiger partial charge on any atom is -0.482 e. The van der Waals surface area contributed by atoms with Gasteiger partial charge in [0.15, 0.2) is 6.61 Å². The molecular formula is C11H17N3O2. The molecule has 0 saturated heterocycles. The van der Waals surface area contributed by atoms with Gasteiger partial charge < -0.3 is 21.1 Å². The molecule has 1 aromatic carbocycles. The first-order valence-electron chi connectivity index (χ1n) is 5.05. The van der Waals surface area contributed by atoms with Crippen LogP contribution in [0.3, 0.4) is 0 Å². The molecule has 0 aliphatic heterocycles. The van der Waals surface area contributed by atoms with Crippen molar-refractivity contribution < 1.29 is 9.53 Å². The van der Waals surface area contributed by atoms with Crippen LogP contribution in [0.25, 0.3) is 0 Å². The smallest absolute Gasteiger partial charge is 0.257 e. The molecule has 88 valence electrons. The van der Waals surface area contributed by atoms with Gasteiger partial charge in [-0.25, -0.2) is 0 Å². The predicted molar refractivity (Wildman–Crippen MR) is 63.4 cm³/mol. The van der Waals surface area contributed by atoms with Crippen molar-refractivity contribution in [2.45, 2.75) is 6.54 Å². The third-order valence-electron chi connectivity index (χ3n) is 2.19. The van der Waals surface area contributed by atoms with Crippen LogP contribution in [0, 0.1) is 0 Å². The van der Waals surface area contributed by atoms with Gasteiger partial charge in [-0.3, -0.25) is 4.79 Å². The highest BCUT2D eigenvalue weighted by Gasteiger charge is 2.05.